The van der Waals surface area contributed by atoms with Gasteiger partial charge in [0.25, 0.3) is 0 Å². The van der Waals surface area contributed by atoms with Crippen LogP contribution in [0, 0.1) is 5.82 Å². The van der Waals surface area contributed by atoms with E-state index in [1.165, 1.54) is 24.9 Å². The minimum atomic E-state index is -0.666. The zero-order valence-electron chi connectivity index (χ0n) is 9.28. The number of hydrogen-bond donors (Lipinski definition) is 1. The average molecular weight is 322 g/mol. The molecular weight excluding hydrogens is 309 g/mol. The third-order valence-corrected chi connectivity index (χ3v) is 3.67. The van der Waals surface area contributed by atoms with Crippen molar-refractivity contribution >= 4 is 33.7 Å². The van der Waals surface area contributed by atoms with Crippen molar-refractivity contribution in [2.45, 2.75) is 11.8 Å². The SMILES string of the molecule is COC(=O)C(N)CSCc1cc(Br)ccc1F. The van der Waals surface area contributed by atoms with E-state index in [-0.39, 0.29) is 5.82 Å². The van der Waals surface area contributed by atoms with Crippen LogP contribution in [0.15, 0.2) is 22.7 Å². The van der Waals surface area contributed by atoms with Gasteiger partial charge in [-0.3, -0.25) is 4.79 Å². The molecular formula is C11H13BrFNO2S. The molecule has 0 heterocycles. The molecule has 0 saturated heterocycles. The van der Waals surface area contributed by atoms with Gasteiger partial charge in [0.1, 0.15) is 11.9 Å². The summed E-state index contributed by atoms with van der Waals surface area (Å²) in [6.45, 7) is 0. The van der Waals surface area contributed by atoms with Crippen LogP contribution in [0.4, 0.5) is 4.39 Å². The van der Waals surface area contributed by atoms with Crippen LogP contribution in [0.2, 0.25) is 0 Å². The molecule has 2 N–H and O–H groups in total. The maximum absolute atomic E-state index is 13.4. The van der Waals surface area contributed by atoms with Crippen molar-refractivity contribution in [3.8, 4) is 0 Å². The summed E-state index contributed by atoms with van der Waals surface area (Å²) in [6, 6.07) is 4.09. The number of nitrogens with two attached hydrogens (primary N) is 1. The van der Waals surface area contributed by atoms with E-state index in [4.69, 9.17) is 5.73 Å². The predicted octanol–water partition coefficient (Wildman–Crippen LogP) is 2.32. The second kappa shape index (κ2) is 6.98. The third kappa shape index (κ3) is 4.65. The summed E-state index contributed by atoms with van der Waals surface area (Å²) in [5.74, 6) is 0.161. The number of hydrogen-bond acceptors (Lipinski definition) is 4. The highest BCUT2D eigenvalue weighted by Crippen LogP contribution is 2.20. The van der Waals surface area contributed by atoms with Gasteiger partial charge in [-0.15, -0.1) is 0 Å². The molecule has 94 valence electrons. The van der Waals surface area contributed by atoms with Gasteiger partial charge in [-0.2, -0.15) is 11.8 Å². The summed E-state index contributed by atoms with van der Waals surface area (Å²) in [7, 11) is 1.29. The van der Waals surface area contributed by atoms with Crippen molar-refractivity contribution in [2.75, 3.05) is 12.9 Å². The van der Waals surface area contributed by atoms with E-state index in [0.717, 1.165) is 4.47 Å². The van der Waals surface area contributed by atoms with E-state index in [2.05, 4.69) is 20.7 Å². The van der Waals surface area contributed by atoms with Crippen LogP contribution in [-0.4, -0.2) is 24.9 Å². The molecule has 0 fully saturated rings. The van der Waals surface area contributed by atoms with E-state index in [0.29, 0.717) is 17.1 Å². The number of thioether (sulfide) groups is 1. The van der Waals surface area contributed by atoms with Crippen molar-refractivity contribution in [1.82, 2.24) is 0 Å². The van der Waals surface area contributed by atoms with Crippen molar-refractivity contribution in [3.05, 3.63) is 34.1 Å². The summed E-state index contributed by atoms with van der Waals surface area (Å²) in [6.07, 6.45) is 0. The standard InChI is InChI=1S/C11H13BrFNO2S/c1-16-11(15)10(14)6-17-5-7-4-8(12)2-3-9(7)13/h2-4,10H,5-6,14H2,1H3. The Balaban J connectivity index is 2.45. The molecule has 1 unspecified atom stereocenters. The zero-order chi connectivity index (χ0) is 12.8. The Bertz CT molecular complexity index is 403. The number of halogens is 2. The quantitative estimate of drug-likeness (QED) is 0.846. The highest BCUT2D eigenvalue weighted by molar-refractivity contribution is 9.10. The Hall–Kier alpha value is -0.590. The third-order valence-electron chi connectivity index (χ3n) is 2.07. The molecule has 0 aliphatic heterocycles. The molecule has 3 nitrogen and oxygen atoms in total. The van der Waals surface area contributed by atoms with Crippen LogP contribution in [-0.2, 0) is 15.3 Å². The largest absolute Gasteiger partial charge is 0.468 e. The molecule has 1 aromatic carbocycles. The minimum Gasteiger partial charge on any atom is -0.468 e. The lowest BCUT2D eigenvalue weighted by atomic mass is 10.2. The Morgan fingerprint density at radius 2 is 2.35 bits per heavy atom. The molecule has 17 heavy (non-hydrogen) atoms. The van der Waals surface area contributed by atoms with E-state index in [9.17, 15) is 9.18 Å². The van der Waals surface area contributed by atoms with Gasteiger partial charge < -0.3 is 10.5 Å². The number of esters is 1. The molecule has 0 aliphatic rings. The molecule has 0 amide bonds. The fraction of sp³-hybridized carbons (Fsp3) is 0.364. The Kier molecular flexibility index (Phi) is 5.94. The normalized spacial score (nSPS) is 12.2. The van der Waals surface area contributed by atoms with E-state index in [1.807, 2.05) is 0 Å². The van der Waals surface area contributed by atoms with E-state index in [1.54, 1.807) is 12.1 Å². The summed E-state index contributed by atoms with van der Waals surface area (Å²) < 4.78 is 18.7. The highest BCUT2D eigenvalue weighted by atomic mass is 79.9. The Morgan fingerprint density at radius 1 is 1.65 bits per heavy atom. The molecule has 1 aromatic rings. The minimum absolute atomic E-state index is 0.257. The lowest BCUT2D eigenvalue weighted by molar-refractivity contribution is -0.141. The fourth-order valence-corrected chi connectivity index (χ4v) is 2.53. The number of ether oxygens (including phenoxy) is 1. The molecule has 0 aromatic heterocycles. The van der Waals surface area contributed by atoms with Crippen LogP contribution in [0.5, 0.6) is 0 Å². The second-order valence-electron chi connectivity index (χ2n) is 3.38. The molecule has 0 saturated carbocycles. The first kappa shape index (κ1) is 14.5. The first-order chi connectivity index (χ1) is 8.04. The predicted molar refractivity (Wildman–Crippen MR) is 70.3 cm³/mol. The van der Waals surface area contributed by atoms with Gasteiger partial charge in [0.2, 0.25) is 0 Å². The first-order valence-corrected chi connectivity index (χ1v) is 6.84. The van der Waals surface area contributed by atoms with Crippen molar-refractivity contribution in [2.24, 2.45) is 5.73 Å². The molecule has 0 radical (unpaired) electrons. The van der Waals surface area contributed by atoms with Crippen LogP contribution < -0.4 is 5.73 Å². The van der Waals surface area contributed by atoms with Gasteiger partial charge in [0, 0.05) is 16.0 Å². The van der Waals surface area contributed by atoms with Crippen molar-refractivity contribution in [3.63, 3.8) is 0 Å². The van der Waals surface area contributed by atoms with Gasteiger partial charge in [-0.1, -0.05) is 15.9 Å². The maximum atomic E-state index is 13.4. The van der Waals surface area contributed by atoms with E-state index < -0.39 is 12.0 Å². The van der Waals surface area contributed by atoms with Gasteiger partial charge in [-0.25, -0.2) is 4.39 Å². The van der Waals surface area contributed by atoms with Gasteiger partial charge in [0.15, 0.2) is 0 Å². The number of carbonyl (C=O) groups excluding carboxylic acids is 1. The highest BCUT2D eigenvalue weighted by Gasteiger charge is 2.13. The summed E-state index contributed by atoms with van der Waals surface area (Å²) >= 11 is 4.67. The summed E-state index contributed by atoms with van der Waals surface area (Å²) in [5.41, 5.74) is 6.15. The smallest absolute Gasteiger partial charge is 0.323 e. The van der Waals surface area contributed by atoms with Crippen molar-refractivity contribution in [1.29, 1.82) is 0 Å². The molecule has 6 heteroatoms. The van der Waals surface area contributed by atoms with Gasteiger partial charge in [-0.05, 0) is 23.8 Å². The van der Waals surface area contributed by atoms with Gasteiger partial charge in [0.05, 0.1) is 7.11 Å². The maximum Gasteiger partial charge on any atom is 0.323 e. The average Bonchev–Trinajstić information content (AvgIpc) is 2.32. The lowest BCUT2D eigenvalue weighted by Crippen LogP contribution is -2.33. The summed E-state index contributed by atoms with van der Waals surface area (Å²) in [4.78, 5) is 11.0. The topological polar surface area (TPSA) is 52.3 Å². The molecule has 1 atom stereocenters. The summed E-state index contributed by atoms with van der Waals surface area (Å²) in [5, 5.41) is 0. The van der Waals surface area contributed by atoms with Crippen LogP contribution >= 0.6 is 27.7 Å². The number of benzene rings is 1. The zero-order valence-corrected chi connectivity index (χ0v) is 11.7. The molecule has 0 bridgehead atoms. The van der Waals surface area contributed by atoms with Crippen molar-refractivity contribution < 1.29 is 13.9 Å². The fourth-order valence-electron chi connectivity index (χ4n) is 1.17. The molecule has 0 aliphatic carbocycles. The van der Waals surface area contributed by atoms with Crippen LogP contribution in [0.3, 0.4) is 0 Å². The Labute approximate surface area is 112 Å². The van der Waals surface area contributed by atoms with Gasteiger partial charge >= 0.3 is 5.97 Å². The van der Waals surface area contributed by atoms with Crippen LogP contribution in [0.1, 0.15) is 5.56 Å². The monoisotopic (exact) mass is 321 g/mol. The molecule has 0 spiro atoms. The van der Waals surface area contributed by atoms with Crippen LogP contribution in [0.25, 0.3) is 0 Å². The lowest BCUT2D eigenvalue weighted by Gasteiger charge is -2.09. The second-order valence-corrected chi connectivity index (χ2v) is 5.33. The Morgan fingerprint density at radius 3 is 3.00 bits per heavy atom. The molecule has 1 rings (SSSR count). The number of carbonyl (C=O) groups is 1. The first-order valence-electron chi connectivity index (χ1n) is 4.89. The number of rotatable bonds is 5. The number of methoxy groups -OCH3 is 1. The van der Waals surface area contributed by atoms with E-state index >= 15 is 0 Å².